The third-order valence-corrected chi connectivity index (χ3v) is 5.77. The van der Waals surface area contributed by atoms with E-state index in [2.05, 4.69) is 15.3 Å². The summed E-state index contributed by atoms with van der Waals surface area (Å²) in [6.45, 7) is 4.03. The Morgan fingerprint density at radius 3 is 2.48 bits per heavy atom. The predicted octanol–water partition coefficient (Wildman–Crippen LogP) is 5.88. The van der Waals surface area contributed by atoms with Crippen molar-refractivity contribution < 1.29 is 4.79 Å². The SMILES string of the molecule is Cc1ccc(C)c(Nc2c(Cl)c(C(=O)N(C)C)nc3ccc(-c4ccc(C#N)nc4)cc23)c1. The Bertz CT molecular complexity index is 1420. The number of fused-ring (bicyclic) bond motifs is 1. The molecule has 4 aromatic rings. The topological polar surface area (TPSA) is 81.9 Å². The lowest BCUT2D eigenvalue weighted by atomic mass is 10.0. The number of benzene rings is 2. The summed E-state index contributed by atoms with van der Waals surface area (Å²) in [7, 11) is 3.34. The third kappa shape index (κ3) is 4.36. The van der Waals surface area contributed by atoms with E-state index in [-0.39, 0.29) is 16.6 Å². The molecule has 164 valence electrons. The Labute approximate surface area is 197 Å². The van der Waals surface area contributed by atoms with Crippen LogP contribution in [0, 0.1) is 25.2 Å². The van der Waals surface area contributed by atoms with E-state index in [1.807, 2.05) is 62.4 Å². The molecule has 4 rings (SSSR count). The van der Waals surface area contributed by atoms with Crippen molar-refractivity contribution in [3.63, 3.8) is 0 Å². The highest BCUT2D eigenvalue weighted by Crippen LogP contribution is 2.38. The first kappa shape index (κ1) is 22.3. The molecule has 2 heterocycles. The number of pyridine rings is 2. The van der Waals surface area contributed by atoms with Crippen LogP contribution in [0.5, 0.6) is 0 Å². The molecule has 0 bridgehead atoms. The van der Waals surface area contributed by atoms with Gasteiger partial charge in [0, 0.05) is 36.9 Å². The van der Waals surface area contributed by atoms with E-state index in [4.69, 9.17) is 16.9 Å². The lowest BCUT2D eigenvalue weighted by molar-refractivity contribution is 0.0822. The quantitative estimate of drug-likeness (QED) is 0.415. The molecule has 0 fully saturated rings. The predicted molar refractivity (Wildman–Crippen MR) is 132 cm³/mol. The van der Waals surface area contributed by atoms with Crippen molar-refractivity contribution in [1.82, 2.24) is 14.9 Å². The minimum Gasteiger partial charge on any atom is -0.353 e. The molecule has 0 aliphatic heterocycles. The van der Waals surface area contributed by atoms with Gasteiger partial charge in [0.25, 0.3) is 5.91 Å². The lowest BCUT2D eigenvalue weighted by Crippen LogP contribution is -2.23. The van der Waals surface area contributed by atoms with Gasteiger partial charge in [-0.2, -0.15) is 5.26 Å². The molecule has 2 aromatic heterocycles. The Morgan fingerprint density at radius 2 is 1.82 bits per heavy atom. The van der Waals surface area contributed by atoms with Crippen LogP contribution in [0.1, 0.15) is 27.3 Å². The van der Waals surface area contributed by atoms with E-state index in [1.165, 1.54) is 4.90 Å². The molecule has 33 heavy (non-hydrogen) atoms. The number of anilines is 2. The molecule has 1 amide bonds. The largest absolute Gasteiger partial charge is 0.353 e. The van der Waals surface area contributed by atoms with Crippen molar-refractivity contribution in [2.24, 2.45) is 0 Å². The standard InChI is InChI=1S/C26H22ClN5O/c1-15-5-6-16(2)22(11-15)31-24-20-12-17(18-7-9-19(13-28)29-14-18)8-10-21(20)30-25(23(24)27)26(33)32(3)4/h5-12,14H,1-4H3,(H,30,31). The van der Waals surface area contributed by atoms with E-state index in [0.29, 0.717) is 16.9 Å². The van der Waals surface area contributed by atoms with E-state index >= 15 is 0 Å². The fraction of sp³-hybridized carbons (Fsp3) is 0.154. The van der Waals surface area contributed by atoms with Gasteiger partial charge in [-0.3, -0.25) is 4.79 Å². The highest BCUT2D eigenvalue weighted by molar-refractivity contribution is 6.38. The third-order valence-electron chi connectivity index (χ3n) is 5.40. The van der Waals surface area contributed by atoms with Gasteiger partial charge in [0.05, 0.1) is 16.2 Å². The van der Waals surface area contributed by atoms with Crippen molar-refractivity contribution in [1.29, 1.82) is 5.26 Å². The first-order valence-electron chi connectivity index (χ1n) is 10.3. The summed E-state index contributed by atoms with van der Waals surface area (Å²) in [5.74, 6) is -0.272. The average molecular weight is 456 g/mol. The van der Waals surface area contributed by atoms with Crippen LogP contribution in [0.3, 0.4) is 0 Å². The average Bonchev–Trinajstić information content (AvgIpc) is 2.82. The highest BCUT2D eigenvalue weighted by Gasteiger charge is 2.21. The number of aromatic nitrogens is 2. The molecule has 0 saturated heterocycles. The second-order valence-corrected chi connectivity index (χ2v) is 8.45. The maximum Gasteiger partial charge on any atom is 0.273 e. The van der Waals surface area contributed by atoms with Crippen molar-refractivity contribution in [2.75, 3.05) is 19.4 Å². The lowest BCUT2D eigenvalue weighted by Gasteiger charge is -2.18. The van der Waals surface area contributed by atoms with Gasteiger partial charge < -0.3 is 10.2 Å². The fourth-order valence-electron chi connectivity index (χ4n) is 3.53. The smallest absolute Gasteiger partial charge is 0.273 e. The fourth-order valence-corrected chi connectivity index (χ4v) is 3.80. The molecule has 2 aromatic carbocycles. The van der Waals surface area contributed by atoms with Crippen LogP contribution < -0.4 is 5.32 Å². The summed E-state index contributed by atoms with van der Waals surface area (Å²) >= 11 is 6.79. The number of amides is 1. The van der Waals surface area contributed by atoms with Gasteiger partial charge in [-0.15, -0.1) is 0 Å². The number of aryl methyl sites for hydroxylation is 2. The Balaban J connectivity index is 1.94. The number of nitrogens with zero attached hydrogens (tertiary/aromatic N) is 4. The van der Waals surface area contributed by atoms with Crippen LogP contribution in [-0.4, -0.2) is 34.9 Å². The van der Waals surface area contributed by atoms with Gasteiger partial charge in [-0.25, -0.2) is 9.97 Å². The van der Waals surface area contributed by atoms with Crippen LogP contribution in [0.25, 0.3) is 22.0 Å². The Hall–Kier alpha value is -3.95. The van der Waals surface area contributed by atoms with E-state index in [1.54, 1.807) is 26.4 Å². The molecule has 0 aliphatic carbocycles. The number of carbonyl (C=O) groups is 1. The Kier molecular flexibility index (Phi) is 5.99. The molecule has 0 radical (unpaired) electrons. The molecule has 1 N–H and O–H groups in total. The minimum atomic E-state index is -0.272. The molecular formula is C26H22ClN5O. The number of carbonyl (C=O) groups excluding carboxylic acids is 1. The number of hydrogen-bond donors (Lipinski definition) is 1. The van der Waals surface area contributed by atoms with Crippen molar-refractivity contribution >= 4 is 39.8 Å². The zero-order valence-electron chi connectivity index (χ0n) is 18.8. The van der Waals surface area contributed by atoms with Gasteiger partial charge in [0.15, 0.2) is 0 Å². The van der Waals surface area contributed by atoms with Crippen molar-refractivity contribution in [2.45, 2.75) is 13.8 Å². The van der Waals surface area contributed by atoms with Gasteiger partial charge in [-0.1, -0.05) is 29.8 Å². The maximum atomic E-state index is 12.8. The van der Waals surface area contributed by atoms with E-state index < -0.39 is 0 Å². The summed E-state index contributed by atoms with van der Waals surface area (Å²) in [6.07, 6.45) is 1.66. The van der Waals surface area contributed by atoms with Crippen LogP contribution in [0.4, 0.5) is 11.4 Å². The Morgan fingerprint density at radius 1 is 1.06 bits per heavy atom. The number of halogens is 1. The summed E-state index contributed by atoms with van der Waals surface area (Å²) in [5, 5.41) is 13.5. The molecule has 0 unspecified atom stereocenters. The summed E-state index contributed by atoms with van der Waals surface area (Å²) < 4.78 is 0. The zero-order valence-corrected chi connectivity index (χ0v) is 19.5. The second kappa shape index (κ2) is 8.89. The summed E-state index contributed by atoms with van der Waals surface area (Å²) in [6, 6.07) is 17.4. The second-order valence-electron chi connectivity index (χ2n) is 8.07. The first-order chi connectivity index (χ1) is 15.8. The first-order valence-corrected chi connectivity index (χ1v) is 10.7. The van der Waals surface area contributed by atoms with Crippen LogP contribution in [0.15, 0.2) is 54.7 Å². The van der Waals surface area contributed by atoms with Gasteiger partial charge in [0.1, 0.15) is 17.5 Å². The molecular weight excluding hydrogens is 434 g/mol. The van der Waals surface area contributed by atoms with Crippen molar-refractivity contribution in [3.05, 3.63) is 82.3 Å². The van der Waals surface area contributed by atoms with Crippen LogP contribution >= 0.6 is 11.6 Å². The van der Waals surface area contributed by atoms with Gasteiger partial charge >= 0.3 is 0 Å². The maximum absolute atomic E-state index is 12.8. The number of rotatable bonds is 4. The number of nitrogens with one attached hydrogen (secondary N) is 1. The van der Waals surface area contributed by atoms with E-state index in [0.717, 1.165) is 33.3 Å². The summed E-state index contributed by atoms with van der Waals surface area (Å²) in [5.41, 5.74) is 6.61. The molecule has 7 heteroatoms. The van der Waals surface area contributed by atoms with Gasteiger partial charge in [0.2, 0.25) is 0 Å². The molecule has 0 saturated carbocycles. The molecule has 0 atom stereocenters. The monoisotopic (exact) mass is 455 g/mol. The van der Waals surface area contributed by atoms with Crippen LogP contribution in [-0.2, 0) is 0 Å². The van der Waals surface area contributed by atoms with Crippen molar-refractivity contribution in [3.8, 4) is 17.2 Å². The number of hydrogen-bond acceptors (Lipinski definition) is 5. The minimum absolute atomic E-state index is 0.190. The van der Waals surface area contributed by atoms with Crippen LogP contribution in [0.2, 0.25) is 5.02 Å². The highest BCUT2D eigenvalue weighted by atomic mass is 35.5. The molecule has 0 spiro atoms. The van der Waals surface area contributed by atoms with Gasteiger partial charge in [-0.05, 0) is 60.9 Å². The number of nitriles is 1. The normalized spacial score (nSPS) is 10.7. The summed E-state index contributed by atoms with van der Waals surface area (Å²) in [4.78, 5) is 23.0. The van der Waals surface area contributed by atoms with E-state index in [9.17, 15) is 4.79 Å². The molecule has 6 nitrogen and oxygen atoms in total. The molecule has 0 aliphatic rings. The zero-order chi connectivity index (χ0) is 23.7.